The molecule has 0 fully saturated rings. The molecule has 0 amide bonds. The van der Waals surface area contributed by atoms with Crippen LogP contribution in [0.1, 0.15) is 39.5 Å². The highest BCUT2D eigenvalue weighted by Crippen LogP contribution is 1.97. The maximum absolute atomic E-state index is 10.4. The molecule has 0 aromatic carbocycles. The minimum Gasteiger partial charge on any atom is -0.480 e. The Labute approximate surface area is 74.2 Å². The van der Waals surface area contributed by atoms with E-state index in [1.165, 1.54) is 19.3 Å². The Morgan fingerprint density at radius 1 is 1.42 bits per heavy atom. The molecule has 2 N–H and O–H groups in total. The summed E-state index contributed by atoms with van der Waals surface area (Å²) in [7, 11) is 0. The van der Waals surface area contributed by atoms with Crippen molar-refractivity contribution < 1.29 is 9.90 Å². The molecule has 72 valence electrons. The molecular formula is C9H19NO2. The van der Waals surface area contributed by atoms with Crippen LogP contribution >= 0.6 is 0 Å². The van der Waals surface area contributed by atoms with E-state index < -0.39 is 12.0 Å². The predicted octanol–water partition coefficient (Wildman–Crippen LogP) is 1.63. The average molecular weight is 173 g/mol. The van der Waals surface area contributed by atoms with Crippen LogP contribution < -0.4 is 5.32 Å². The van der Waals surface area contributed by atoms with Gasteiger partial charge in [0.1, 0.15) is 6.04 Å². The second kappa shape index (κ2) is 7.10. The molecule has 3 heteroatoms. The minimum absolute atomic E-state index is 0.411. The number of carboxylic acid groups (broad SMARTS) is 1. The van der Waals surface area contributed by atoms with Gasteiger partial charge in [-0.15, -0.1) is 0 Å². The van der Waals surface area contributed by atoms with Gasteiger partial charge in [-0.1, -0.05) is 26.2 Å². The molecule has 0 aliphatic rings. The van der Waals surface area contributed by atoms with Gasteiger partial charge in [0.25, 0.3) is 0 Å². The molecule has 0 heterocycles. The van der Waals surface area contributed by atoms with Crippen molar-refractivity contribution in [3.63, 3.8) is 0 Å². The summed E-state index contributed by atoms with van der Waals surface area (Å²) in [6.07, 6.45) is 4.72. The standard InChI is InChI=1S/C9H19NO2/c1-3-4-5-6-7-10-8(2)9(11)12/h8,10H,3-7H2,1-2H3,(H,11,12)/t8-/m0/s1. The van der Waals surface area contributed by atoms with Gasteiger partial charge in [-0.2, -0.15) is 0 Å². The molecule has 0 bridgehead atoms. The number of unbranched alkanes of at least 4 members (excludes halogenated alkanes) is 3. The third kappa shape index (κ3) is 6.16. The van der Waals surface area contributed by atoms with Crippen LogP contribution in [0.25, 0.3) is 0 Å². The van der Waals surface area contributed by atoms with Crippen molar-refractivity contribution in [1.29, 1.82) is 0 Å². The smallest absolute Gasteiger partial charge is 0.320 e. The lowest BCUT2D eigenvalue weighted by atomic mass is 10.2. The first kappa shape index (κ1) is 11.4. The zero-order chi connectivity index (χ0) is 9.40. The summed E-state index contributed by atoms with van der Waals surface area (Å²) in [5.41, 5.74) is 0. The third-order valence-electron chi connectivity index (χ3n) is 1.85. The predicted molar refractivity (Wildman–Crippen MR) is 49.2 cm³/mol. The van der Waals surface area contributed by atoms with Crippen LogP contribution in [-0.4, -0.2) is 23.7 Å². The first-order valence-corrected chi connectivity index (χ1v) is 4.64. The lowest BCUT2D eigenvalue weighted by Crippen LogP contribution is -2.34. The SMILES string of the molecule is CCCCCCN[C@@H](C)C(=O)O. The first-order valence-electron chi connectivity index (χ1n) is 4.64. The highest BCUT2D eigenvalue weighted by molar-refractivity contribution is 5.72. The third-order valence-corrected chi connectivity index (χ3v) is 1.85. The summed E-state index contributed by atoms with van der Waals surface area (Å²) >= 11 is 0. The van der Waals surface area contributed by atoms with Crippen LogP contribution in [0.5, 0.6) is 0 Å². The fourth-order valence-corrected chi connectivity index (χ4v) is 0.958. The number of hydrogen-bond donors (Lipinski definition) is 2. The van der Waals surface area contributed by atoms with E-state index in [2.05, 4.69) is 12.2 Å². The van der Waals surface area contributed by atoms with Crippen molar-refractivity contribution in [2.24, 2.45) is 0 Å². The van der Waals surface area contributed by atoms with Crippen LogP contribution in [0.2, 0.25) is 0 Å². The molecule has 0 aromatic rings. The van der Waals surface area contributed by atoms with Gasteiger partial charge in [0.15, 0.2) is 0 Å². The summed E-state index contributed by atoms with van der Waals surface area (Å²) in [6.45, 7) is 4.64. The van der Waals surface area contributed by atoms with E-state index in [1.54, 1.807) is 6.92 Å². The Morgan fingerprint density at radius 3 is 2.58 bits per heavy atom. The molecule has 1 atom stereocenters. The minimum atomic E-state index is -0.773. The second-order valence-electron chi connectivity index (χ2n) is 3.07. The highest BCUT2D eigenvalue weighted by Gasteiger charge is 2.07. The molecule has 0 saturated heterocycles. The van der Waals surface area contributed by atoms with Crippen molar-refractivity contribution in [2.45, 2.75) is 45.6 Å². The fourth-order valence-electron chi connectivity index (χ4n) is 0.958. The average Bonchev–Trinajstić information content (AvgIpc) is 2.03. The van der Waals surface area contributed by atoms with Crippen molar-refractivity contribution in [1.82, 2.24) is 5.32 Å². The Bertz CT molecular complexity index is 126. The van der Waals surface area contributed by atoms with Crippen molar-refractivity contribution >= 4 is 5.97 Å². The molecule has 0 spiro atoms. The van der Waals surface area contributed by atoms with E-state index in [4.69, 9.17) is 5.11 Å². The molecule has 0 aromatic heterocycles. The molecule has 0 rings (SSSR count). The largest absolute Gasteiger partial charge is 0.480 e. The molecule has 0 aliphatic heterocycles. The van der Waals surface area contributed by atoms with Gasteiger partial charge >= 0.3 is 5.97 Å². The van der Waals surface area contributed by atoms with E-state index >= 15 is 0 Å². The normalized spacial score (nSPS) is 12.8. The van der Waals surface area contributed by atoms with Gasteiger partial charge in [-0.25, -0.2) is 0 Å². The molecule has 0 aliphatic carbocycles. The maximum atomic E-state index is 10.4. The van der Waals surface area contributed by atoms with E-state index in [-0.39, 0.29) is 0 Å². The summed E-state index contributed by atoms with van der Waals surface area (Å²) in [6, 6.07) is -0.411. The van der Waals surface area contributed by atoms with Gasteiger partial charge in [0.2, 0.25) is 0 Å². The number of aliphatic carboxylic acids is 1. The highest BCUT2D eigenvalue weighted by atomic mass is 16.4. The van der Waals surface area contributed by atoms with Gasteiger partial charge in [-0.05, 0) is 19.9 Å². The van der Waals surface area contributed by atoms with Crippen LogP contribution in [0.4, 0.5) is 0 Å². The number of carbonyl (C=O) groups is 1. The van der Waals surface area contributed by atoms with Crippen molar-refractivity contribution in [2.75, 3.05) is 6.54 Å². The summed E-state index contributed by atoms with van der Waals surface area (Å²) in [4.78, 5) is 10.4. The summed E-state index contributed by atoms with van der Waals surface area (Å²) < 4.78 is 0. The molecule has 0 unspecified atom stereocenters. The molecule has 0 radical (unpaired) electrons. The maximum Gasteiger partial charge on any atom is 0.320 e. The van der Waals surface area contributed by atoms with Crippen LogP contribution in [-0.2, 0) is 4.79 Å². The number of nitrogens with one attached hydrogen (secondary N) is 1. The number of hydrogen-bond acceptors (Lipinski definition) is 2. The van der Waals surface area contributed by atoms with Gasteiger partial charge < -0.3 is 10.4 Å². The summed E-state index contributed by atoms with van der Waals surface area (Å²) in [5, 5.41) is 11.5. The molecule has 12 heavy (non-hydrogen) atoms. The lowest BCUT2D eigenvalue weighted by Gasteiger charge is -2.07. The van der Waals surface area contributed by atoms with Gasteiger partial charge in [0.05, 0.1) is 0 Å². The van der Waals surface area contributed by atoms with E-state index in [0.29, 0.717) is 0 Å². The molecule has 0 saturated carbocycles. The number of rotatable bonds is 7. The summed E-state index contributed by atoms with van der Waals surface area (Å²) in [5.74, 6) is -0.773. The lowest BCUT2D eigenvalue weighted by molar-refractivity contribution is -0.138. The van der Waals surface area contributed by atoms with Gasteiger partial charge in [0, 0.05) is 0 Å². The molecular weight excluding hydrogens is 154 g/mol. The second-order valence-corrected chi connectivity index (χ2v) is 3.07. The van der Waals surface area contributed by atoms with Gasteiger partial charge in [-0.3, -0.25) is 4.79 Å². The topological polar surface area (TPSA) is 49.3 Å². The zero-order valence-corrected chi connectivity index (χ0v) is 7.97. The Hall–Kier alpha value is -0.570. The van der Waals surface area contributed by atoms with E-state index in [1.807, 2.05) is 0 Å². The monoisotopic (exact) mass is 173 g/mol. The Morgan fingerprint density at radius 2 is 2.08 bits per heavy atom. The van der Waals surface area contributed by atoms with Crippen LogP contribution in [0, 0.1) is 0 Å². The quantitative estimate of drug-likeness (QED) is 0.575. The van der Waals surface area contributed by atoms with E-state index in [9.17, 15) is 4.79 Å². The fraction of sp³-hybridized carbons (Fsp3) is 0.889. The first-order chi connectivity index (χ1) is 5.68. The Kier molecular flexibility index (Phi) is 6.76. The number of carboxylic acids is 1. The van der Waals surface area contributed by atoms with Crippen LogP contribution in [0.3, 0.4) is 0 Å². The zero-order valence-electron chi connectivity index (χ0n) is 7.97. The Balaban J connectivity index is 3.14. The molecule has 3 nitrogen and oxygen atoms in total. The van der Waals surface area contributed by atoms with Crippen molar-refractivity contribution in [3.8, 4) is 0 Å². The van der Waals surface area contributed by atoms with Crippen LogP contribution in [0.15, 0.2) is 0 Å². The van der Waals surface area contributed by atoms with Crippen molar-refractivity contribution in [3.05, 3.63) is 0 Å². The van der Waals surface area contributed by atoms with E-state index in [0.717, 1.165) is 13.0 Å².